The molecule has 3 rings (SSSR count). The lowest BCUT2D eigenvalue weighted by Crippen LogP contribution is -2.15. The molecule has 1 saturated carbocycles. The van der Waals surface area contributed by atoms with Gasteiger partial charge in [-0.2, -0.15) is 0 Å². The van der Waals surface area contributed by atoms with E-state index < -0.39 is 0 Å². The zero-order valence-electron chi connectivity index (χ0n) is 10.6. The standard InChI is InChI=1S/C15H16ClNOS/c16-15-7-6-14(19-15)10-18-13-3-1-2-11(8-13)9-17-12-4-5-12/h1-3,6-8,12,17H,4-5,9-10H2. The Balaban J connectivity index is 1.55. The van der Waals surface area contributed by atoms with Crippen molar-refractivity contribution in [3.05, 3.63) is 51.2 Å². The van der Waals surface area contributed by atoms with Crippen LogP contribution < -0.4 is 10.1 Å². The summed E-state index contributed by atoms with van der Waals surface area (Å²) in [5.74, 6) is 0.916. The van der Waals surface area contributed by atoms with Crippen LogP contribution in [-0.4, -0.2) is 6.04 Å². The molecule has 1 aliphatic carbocycles. The Bertz CT molecular complexity index is 551. The molecule has 2 nitrogen and oxygen atoms in total. The zero-order valence-corrected chi connectivity index (χ0v) is 12.1. The van der Waals surface area contributed by atoms with Gasteiger partial charge < -0.3 is 10.1 Å². The number of hydrogen-bond donors (Lipinski definition) is 1. The molecule has 1 heterocycles. The number of hydrogen-bond acceptors (Lipinski definition) is 3. The number of nitrogens with one attached hydrogen (secondary N) is 1. The lowest BCUT2D eigenvalue weighted by Gasteiger charge is -2.07. The summed E-state index contributed by atoms with van der Waals surface area (Å²) in [5, 5.41) is 3.51. The summed E-state index contributed by atoms with van der Waals surface area (Å²) in [6.45, 7) is 1.50. The third kappa shape index (κ3) is 3.96. The van der Waals surface area contributed by atoms with Gasteiger partial charge >= 0.3 is 0 Å². The molecule has 0 radical (unpaired) electrons. The molecule has 0 aliphatic heterocycles. The molecule has 19 heavy (non-hydrogen) atoms. The molecular formula is C15H16ClNOS. The Morgan fingerprint density at radius 2 is 2.16 bits per heavy atom. The minimum absolute atomic E-state index is 0.580. The van der Waals surface area contributed by atoms with Crippen molar-refractivity contribution in [3.63, 3.8) is 0 Å². The molecule has 4 heteroatoms. The maximum Gasteiger partial charge on any atom is 0.122 e. The third-order valence-corrected chi connectivity index (χ3v) is 4.29. The Hall–Kier alpha value is -1.03. The quantitative estimate of drug-likeness (QED) is 0.860. The SMILES string of the molecule is Clc1ccc(COc2cccc(CNC3CC3)c2)s1. The van der Waals surface area contributed by atoms with Gasteiger partial charge in [0.15, 0.2) is 0 Å². The maximum absolute atomic E-state index is 5.90. The molecular weight excluding hydrogens is 278 g/mol. The number of thiophene rings is 1. The van der Waals surface area contributed by atoms with E-state index in [0.717, 1.165) is 27.5 Å². The van der Waals surface area contributed by atoms with E-state index >= 15 is 0 Å². The Labute approximate surface area is 122 Å². The van der Waals surface area contributed by atoms with Gasteiger partial charge in [0.1, 0.15) is 12.4 Å². The van der Waals surface area contributed by atoms with E-state index in [1.807, 2.05) is 24.3 Å². The van der Waals surface area contributed by atoms with Crippen LogP contribution in [-0.2, 0) is 13.2 Å². The van der Waals surface area contributed by atoms with E-state index in [1.54, 1.807) is 11.3 Å². The Morgan fingerprint density at radius 1 is 1.26 bits per heavy atom. The number of benzene rings is 1. The van der Waals surface area contributed by atoms with Crippen LogP contribution in [0.15, 0.2) is 36.4 Å². The minimum atomic E-state index is 0.580. The second kappa shape index (κ2) is 5.95. The average molecular weight is 294 g/mol. The van der Waals surface area contributed by atoms with Crippen molar-refractivity contribution in [2.24, 2.45) is 0 Å². The van der Waals surface area contributed by atoms with Gasteiger partial charge in [-0.3, -0.25) is 0 Å². The fourth-order valence-corrected chi connectivity index (χ4v) is 2.88. The van der Waals surface area contributed by atoms with Gasteiger partial charge in [0, 0.05) is 17.5 Å². The number of ether oxygens (including phenoxy) is 1. The molecule has 0 amide bonds. The first-order valence-corrected chi connectivity index (χ1v) is 7.68. The van der Waals surface area contributed by atoms with Crippen LogP contribution in [0.5, 0.6) is 5.75 Å². The van der Waals surface area contributed by atoms with Crippen molar-refractivity contribution in [1.82, 2.24) is 5.32 Å². The minimum Gasteiger partial charge on any atom is -0.488 e. The highest BCUT2D eigenvalue weighted by Gasteiger charge is 2.19. The van der Waals surface area contributed by atoms with Crippen LogP contribution in [0.1, 0.15) is 23.3 Å². The molecule has 1 fully saturated rings. The second-order valence-electron chi connectivity index (χ2n) is 4.80. The van der Waals surface area contributed by atoms with Gasteiger partial charge in [0.2, 0.25) is 0 Å². The molecule has 1 N–H and O–H groups in total. The maximum atomic E-state index is 5.90. The molecule has 2 aromatic rings. The first-order chi connectivity index (χ1) is 9.29. The molecule has 0 unspecified atom stereocenters. The summed E-state index contributed by atoms with van der Waals surface area (Å²) in [5.41, 5.74) is 1.27. The van der Waals surface area contributed by atoms with Gasteiger partial charge in [-0.1, -0.05) is 23.7 Å². The van der Waals surface area contributed by atoms with E-state index in [4.69, 9.17) is 16.3 Å². The van der Waals surface area contributed by atoms with E-state index in [0.29, 0.717) is 6.61 Å². The zero-order chi connectivity index (χ0) is 13.1. The van der Waals surface area contributed by atoms with Gasteiger partial charge in [-0.25, -0.2) is 0 Å². The van der Waals surface area contributed by atoms with Crippen molar-refractivity contribution in [2.75, 3.05) is 0 Å². The molecule has 1 aliphatic rings. The van der Waals surface area contributed by atoms with E-state index in [1.165, 1.54) is 18.4 Å². The van der Waals surface area contributed by atoms with Gasteiger partial charge in [0.05, 0.1) is 4.34 Å². The van der Waals surface area contributed by atoms with Gasteiger partial charge in [0.25, 0.3) is 0 Å². The van der Waals surface area contributed by atoms with Crippen molar-refractivity contribution in [1.29, 1.82) is 0 Å². The van der Waals surface area contributed by atoms with Crippen molar-refractivity contribution in [3.8, 4) is 5.75 Å². The molecule has 1 aromatic heterocycles. The van der Waals surface area contributed by atoms with Crippen molar-refractivity contribution in [2.45, 2.75) is 32.0 Å². The smallest absolute Gasteiger partial charge is 0.122 e. The van der Waals surface area contributed by atoms with Crippen LogP contribution in [0.3, 0.4) is 0 Å². The summed E-state index contributed by atoms with van der Waals surface area (Å²) in [6, 6.07) is 12.9. The lowest BCUT2D eigenvalue weighted by atomic mass is 10.2. The largest absolute Gasteiger partial charge is 0.488 e. The van der Waals surface area contributed by atoms with Crippen LogP contribution in [0, 0.1) is 0 Å². The molecule has 0 bridgehead atoms. The molecule has 0 spiro atoms. The van der Waals surface area contributed by atoms with Crippen molar-refractivity contribution >= 4 is 22.9 Å². The van der Waals surface area contributed by atoms with Gasteiger partial charge in [-0.15, -0.1) is 11.3 Å². The van der Waals surface area contributed by atoms with Crippen LogP contribution >= 0.6 is 22.9 Å². The topological polar surface area (TPSA) is 21.3 Å². The van der Waals surface area contributed by atoms with E-state index in [2.05, 4.69) is 17.4 Å². The first-order valence-electron chi connectivity index (χ1n) is 6.49. The number of halogens is 1. The highest BCUT2D eigenvalue weighted by molar-refractivity contribution is 7.16. The predicted octanol–water partition coefficient (Wildman–Crippen LogP) is 4.23. The van der Waals surface area contributed by atoms with Crippen LogP contribution in [0.4, 0.5) is 0 Å². The predicted molar refractivity (Wildman–Crippen MR) is 80.0 cm³/mol. The van der Waals surface area contributed by atoms with E-state index in [-0.39, 0.29) is 0 Å². The summed E-state index contributed by atoms with van der Waals surface area (Å²) in [4.78, 5) is 1.14. The number of rotatable bonds is 6. The van der Waals surface area contributed by atoms with Gasteiger partial charge in [-0.05, 0) is 42.7 Å². The average Bonchev–Trinajstić information content (AvgIpc) is 3.16. The second-order valence-corrected chi connectivity index (χ2v) is 6.60. The highest BCUT2D eigenvalue weighted by atomic mass is 35.5. The van der Waals surface area contributed by atoms with Crippen LogP contribution in [0.25, 0.3) is 0 Å². The summed E-state index contributed by atoms with van der Waals surface area (Å²) in [7, 11) is 0. The Morgan fingerprint density at radius 3 is 2.89 bits per heavy atom. The molecule has 0 atom stereocenters. The van der Waals surface area contributed by atoms with E-state index in [9.17, 15) is 0 Å². The lowest BCUT2D eigenvalue weighted by molar-refractivity contribution is 0.309. The fourth-order valence-electron chi connectivity index (χ4n) is 1.88. The highest BCUT2D eigenvalue weighted by Crippen LogP contribution is 2.24. The molecule has 100 valence electrons. The third-order valence-electron chi connectivity index (χ3n) is 3.08. The Kier molecular flexibility index (Phi) is 4.06. The molecule has 0 saturated heterocycles. The summed E-state index contributed by atoms with van der Waals surface area (Å²) in [6.07, 6.45) is 2.63. The monoisotopic (exact) mass is 293 g/mol. The summed E-state index contributed by atoms with van der Waals surface area (Å²) < 4.78 is 6.60. The normalized spacial score (nSPS) is 14.6. The van der Waals surface area contributed by atoms with Crippen LogP contribution in [0.2, 0.25) is 4.34 Å². The van der Waals surface area contributed by atoms with Crippen molar-refractivity contribution < 1.29 is 4.74 Å². The molecule has 1 aromatic carbocycles. The first kappa shape index (κ1) is 13.0. The fraction of sp³-hybridized carbons (Fsp3) is 0.333. The summed E-state index contributed by atoms with van der Waals surface area (Å²) >= 11 is 7.46.